The molecule has 8 nitrogen and oxygen atoms in total. The largest absolute Gasteiger partial charge is 0.477 e. The monoisotopic (exact) mass is 344 g/mol. The van der Waals surface area contributed by atoms with E-state index in [0.717, 1.165) is 4.90 Å². The lowest BCUT2D eigenvalue weighted by atomic mass is 9.77. The number of rotatable bonds is 5. The molecular formula is C14H20N2O6S. The van der Waals surface area contributed by atoms with E-state index >= 15 is 0 Å². The van der Waals surface area contributed by atoms with Crippen LogP contribution in [0, 0.1) is 5.92 Å². The number of carbonyl (C=O) groups is 3. The van der Waals surface area contributed by atoms with Crippen molar-refractivity contribution in [3.8, 4) is 0 Å². The van der Waals surface area contributed by atoms with Gasteiger partial charge in [-0.2, -0.15) is 0 Å². The minimum Gasteiger partial charge on any atom is -0.477 e. The SMILES string of the molecule is CC(=O)OC(CO)C1=C(C(=O)O)N2C(=O)[C@@](N)(C(C)C)[C@H]2SC1. The van der Waals surface area contributed by atoms with E-state index in [1.54, 1.807) is 0 Å². The number of amides is 1. The van der Waals surface area contributed by atoms with Gasteiger partial charge in [0.1, 0.15) is 22.7 Å². The number of carbonyl (C=O) groups excluding carboxylic acids is 2. The number of carboxylic acid groups (broad SMARTS) is 1. The van der Waals surface area contributed by atoms with Crippen molar-refractivity contribution < 1.29 is 29.3 Å². The number of aliphatic hydroxyl groups excluding tert-OH is 1. The normalized spacial score (nSPS) is 28.3. The molecule has 0 aliphatic carbocycles. The Labute approximate surface area is 137 Å². The van der Waals surface area contributed by atoms with Gasteiger partial charge in [-0.15, -0.1) is 11.8 Å². The summed E-state index contributed by atoms with van der Waals surface area (Å²) in [6.45, 7) is 4.23. The third kappa shape index (κ3) is 2.62. The Balaban J connectivity index is 2.44. The van der Waals surface area contributed by atoms with Gasteiger partial charge in [0.15, 0.2) is 0 Å². The Hall–Kier alpha value is -1.58. The molecule has 0 bridgehead atoms. The number of esters is 1. The van der Waals surface area contributed by atoms with Crippen molar-refractivity contribution in [3.05, 3.63) is 11.3 Å². The smallest absolute Gasteiger partial charge is 0.352 e. The summed E-state index contributed by atoms with van der Waals surface area (Å²) in [6.07, 6.45) is -1.09. The Kier molecular flexibility index (Phi) is 4.74. The van der Waals surface area contributed by atoms with Crippen molar-refractivity contribution in [2.45, 2.75) is 37.8 Å². The zero-order valence-corrected chi connectivity index (χ0v) is 13.9. The maximum atomic E-state index is 12.5. The zero-order chi connectivity index (χ0) is 17.5. The first-order valence-corrected chi connectivity index (χ1v) is 8.19. The Morgan fingerprint density at radius 2 is 2.13 bits per heavy atom. The van der Waals surface area contributed by atoms with Gasteiger partial charge < -0.3 is 20.7 Å². The van der Waals surface area contributed by atoms with E-state index in [1.165, 1.54) is 18.7 Å². The molecule has 2 heterocycles. The number of nitrogens with two attached hydrogens (primary N) is 1. The van der Waals surface area contributed by atoms with Crippen molar-refractivity contribution in [1.29, 1.82) is 0 Å². The summed E-state index contributed by atoms with van der Waals surface area (Å²) in [5.41, 5.74) is 5.02. The maximum absolute atomic E-state index is 12.5. The number of ether oxygens (including phenoxy) is 1. The average Bonchev–Trinajstić information content (AvgIpc) is 2.49. The summed E-state index contributed by atoms with van der Waals surface area (Å²) >= 11 is 1.31. The molecule has 23 heavy (non-hydrogen) atoms. The van der Waals surface area contributed by atoms with E-state index in [2.05, 4.69) is 0 Å². The molecule has 2 rings (SSSR count). The summed E-state index contributed by atoms with van der Waals surface area (Å²) in [4.78, 5) is 36.4. The fraction of sp³-hybridized carbons (Fsp3) is 0.643. The number of aliphatic carboxylic acids is 1. The number of thioether (sulfide) groups is 1. The highest BCUT2D eigenvalue weighted by atomic mass is 32.2. The molecule has 1 saturated heterocycles. The Morgan fingerprint density at radius 3 is 2.57 bits per heavy atom. The van der Waals surface area contributed by atoms with E-state index in [1.807, 2.05) is 13.8 Å². The van der Waals surface area contributed by atoms with Crippen molar-refractivity contribution in [2.24, 2.45) is 11.7 Å². The summed E-state index contributed by atoms with van der Waals surface area (Å²) in [6, 6.07) is 0. The van der Waals surface area contributed by atoms with Gasteiger partial charge in [-0.25, -0.2) is 4.79 Å². The summed E-state index contributed by atoms with van der Waals surface area (Å²) in [5, 5.41) is 18.4. The minimum absolute atomic E-state index is 0.151. The second-order valence-corrected chi connectivity index (χ2v) is 6.95. The van der Waals surface area contributed by atoms with Crippen molar-refractivity contribution >= 4 is 29.6 Å². The first-order chi connectivity index (χ1) is 10.7. The van der Waals surface area contributed by atoms with E-state index in [9.17, 15) is 24.6 Å². The molecular weight excluding hydrogens is 324 g/mol. The molecule has 0 aromatic rings. The van der Waals surface area contributed by atoms with E-state index < -0.39 is 41.5 Å². The molecule has 0 spiro atoms. The third-order valence-corrected chi connectivity index (χ3v) is 5.59. The van der Waals surface area contributed by atoms with Crippen LogP contribution in [0.4, 0.5) is 0 Å². The summed E-state index contributed by atoms with van der Waals surface area (Å²) < 4.78 is 4.97. The van der Waals surface area contributed by atoms with Crippen LogP contribution in [-0.4, -0.2) is 62.3 Å². The quantitative estimate of drug-likeness (QED) is 0.450. The van der Waals surface area contributed by atoms with Crippen LogP contribution in [0.3, 0.4) is 0 Å². The summed E-state index contributed by atoms with van der Waals surface area (Å²) in [7, 11) is 0. The molecule has 9 heteroatoms. The van der Waals surface area contributed by atoms with E-state index in [-0.39, 0.29) is 22.9 Å². The van der Waals surface area contributed by atoms with Crippen LogP contribution >= 0.6 is 11.8 Å². The average molecular weight is 344 g/mol. The summed E-state index contributed by atoms with van der Waals surface area (Å²) in [5.74, 6) is -2.37. The number of aliphatic hydroxyl groups is 1. The molecule has 1 unspecified atom stereocenters. The van der Waals surface area contributed by atoms with Crippen LogP contribution in [0.2, 0.25) is 0 Å². The number of hydrogen-bond donors (Lipinski definition) is 3. The Morgan fingerprint density at radius 1 is 1.52 bits per heavy atom. The second kappa shape index (κ2) is 6.14. The van der Waals surface area contributed by atoms with Gasteiger partial charge in [-0.1, -0.05) is 13.8 Å². The predicted molar refractivity (Wildman–Crippen MR) is 82.2 cm³/mol. The van der Waals surface area contributed by atoms with Gasteiger partial charge in [0.25, 0.3) is 5.91 Å². The highest BCUT2D eigenvalue weighted by Crippen LogP contribution is 2.48. The van der Waals surface area contributed by atoms with Gasteiger partial charge in [-0.3, -0.25) is 14.5 Å². The molecule has 1 fully saturated rings. The number of fused-ring (bicyclic) bond motifs is 1. The predicted octanol–water partition coefficient (Wildman–Crippen LogP) is -0.482. The lowest BCUT2D eigenvalue weighted by molar-refractivity contribution is -0.158. The van der Waals surface area contributed by atoms with Gasteiger partial charge in [-0.05, 0) is 5.92 Å². The molecule has 0 aromatic heterocycles. The fourth-order valence-electron chi connectivity index (χ4n) is 2.83. The molecule has 0 saturated carbocycles. The fourth-order valence-corrected chi connectivity index (χ4v) is 4.49. The standard InChI is InChI=1S/C14H20N2O6S/c1-6(2)14(15)12(21)16-10(11(19)20)8(5-23-13(14)16)9(4-17)22-7(3)18/h6,9,13,17H,4-5,15H2,1-3H3,(H,19,20)/t9?,13-,14+/m1/s1. The van der Waals surface area contributed by atoms with Crippen molar-refractivity contribution in [2.75, 3.05) is 12.4 Å². The van der Waals surface area contributed by atoms with Crippen LogP contribution in [0.1, 0.15) is 20.8 Å². The van der Waals surface area contributed by atoms with Gasteiger partial charge in [0.05, 0.1) is 6.61 Å². The van der Waals surface area contributed by atoms with Crippen LogP contribution < -0.4 is 5.73 Å². The molecule has 2 aliphatic rings. The number of nitrogens with zero attached hydrogens (tertiary/aromatic N) is 1. The Bertz CT molecular complexity index is 590. The molecule has 4 N–H and O–H groups in total. The molecule has 0 aromatic carbocycles. The van der Waals surface area contributed by atoms with Crippen LogP contribution in [0.25, 0.3) is 0 Å². The van der Waals surface area contributed by atoms with E-state index in [0.29, 0.717) is 0 Å². The molecule has 0 radical (unpaired) electrons. The second-order valence-electron chi connectivity index (χ2n) is 5.89. The van der Waals surface area contributed by atoms with Gasteiger partial charge in [0, 0.05) is 18.2 Å². The first-order valence-electron chi connectivity index (χ1n) is 7.14. The lowest BCUT2D eigenvalue weighted by Gasteiger charge is -2.57. The van der Waals surface area contributed by atoms with Crippen LogP contribution in [0.15, 0.2) is 11.3 Å². The first kappa shape index (κ1) is 17.8. The van der Waals surface area contributed by atoms with Crippen LogP contribution in [-0.2, 0) is 19.1 Å². The lowest BCUT2D eigenvalue weighted by Crippen LogP contribution is -2.80. The third-order valence-electron chi connectivity index (χ3n) is 4.19. The topological polar surface area (TPSA) is 130 Å². The molecule has 3 atom stereocenters. The van der Waals surface area contributed by atoms with Crippen molar-refractivity contribution in [3.63, 3.8) is 0 Å². The number of β-lactam (4-membered cyclic amide) rings is 1. The number of carboxylic acids is 1. The van der Waals surface area contributed by atoms with Gasteiger partial charge in [0.2, 0.25) is 0 Å². The highest BCUT2D eigenvalue weighted by molar-refractivity contribution is 8.00. The molecule has 2 aliphatic heterocycles. The number of hydrogen-bond acceptors (Lipinski definition) is 7. The maximum Gasteiger partial charge on any atom is 0.352 e. The zero-order valence-electron chi connectivity index (χ0n) is 13.1. The minimum atomic E-state index is -1.31. The van der Waals surface area contributed by atoms with Crippen molar-refractivity contribution in [1.82, 2.24) is 4.90 Å². The van der Waals surface area contributed by atoms with E-state index in [4.69, 9.17) is 10.5 Å². The molecule has 128 valence electrons. The highest BCUT2D eigenvalue weighted by Gasteiger charge is 2.64. The molecule has 1 amide bonds. The van der Waals surface area contributed by atoms with Crippen LogP contribution in [0.5, 0.6) is 0 Å². The van der Waals surface area contributed by atoms with Gasteiger partial charge >= 0.3 is 11.9 Å².